The Balaban J connectivity index is 0.000000845. The average molecular weight is 203 g/mol. The van der Waals surface area contributed by atoms with E-state index >= 15 is 0 Å². The summed E-state index contributed by atoms with van der Waals surface area (Å²) in [5, 5.41) is 8.86. The molecule has 0 spiro atoms. The molecule has 2 saturated carbocycles. The Kier molecular flexibility index (Phi) is 2.46. The van der Waals surface area contributed by atoms with Crippen molar-refractivity contribution >= 4 is 18.4 Å². The summed E-state index contributed by atoms with van der Waals surface area (Å²) in [5.41, 5.74) is 1.46. The lowest BCUT2D eigenvalue weighted by atomic mass is 10.1. The number of halogens is 1. The Bertz CT molecular complexity index is 262. The van der Waals surface area contributed by atoms with E-state index in [1.165, 1.54) is 18.4 Å². The van der Waals surface area contributed by atoms with E-state index in [4.69, 9.17) is 5.11 Å². The first-order valence-electron chi connectivity index (χ1n) is 4.46. The standard InChI is InChI=1S/C10H14O2.ClH/c1-10(2)7(5-6-3-4-6)8(10)9(11)12;/h5,7-8H,3-4H2,1-2H3,(H,11,12);1H. The van der Waals surface area contributed by atoms with Crippen molar-refractivity contribution in [3.8, 4) is 0 Å². The molecule has 1 N–H and O–H groups in total. The van der Waals surface area contributed by atoms with Crippen molar-refractivity contribution in [2.45, 2.75) is 26.7 Å². The van der Waals surface area contributed by atoms with Crippen molar-refractivity contribution < 1.29 is 9.90 Å². The maximum absolute atomic E-state index is 10.8. The van der Waals surface area contributed by atoms with Gasteiger partial charge in [0.1, 0.15) is 0 Å². The van der Waals surface area contributed by atoms with Gasteiger partial charge in [-0.1, -0.05) is 25.5 Å². The van der Waals surface area contributed by atoms with Gasteiger partial charge in [0, 0.05) is 0 Å². The van der Waals surface area contributed by atoms with E-state index in [0.717, 1.165) is 0 Å². The number of hydrogen-bond donors (Lipinski definition) is 1. The van der Waals surface area contributed by atoms with Gasteiger partial charge in [0.15, 0.2) is 0 Å². The molecule has 0 aromatic rings. The minimum atomic E-state index is -0.637. The first kappa shape index (κ1) is 10.6. The van der Waals surface area contributed by atoms with Gasteiger partial charge >= 0.3 is 5.97 Å². The molecule has 2 fully saturated rings. The van der Waals surface area contributed by atoms with E-state index in [9.17, 15) is 4.79 Å². The largest absolute Gasteiger partial charge is 0.481 e. The first-order chi connectivity index (χ1) is 5.53. The van der Waals surface area contributed by atoms with Crippen LogP contribution >= 0.6 is 12.4 Å². The molecule has 0 aliphatic heterocycles. The Morgan fingerprint density at radius 2 is 2.08 bits per heavy atom. The summed E-state index contributed by atoms with van der Waals surface area (Å²) in [7, 11) is 0. The third kappa shape index (κ3) is 1.73. The van der Waals surface area contributed by atoms with Crippen LogP contribution in [0.25, 0.3) is 0 Å². The van der Waals surface area contributed by atoms with Gasteiger partial charge in [0.05, 0.1) is 5.92 Å². The van der Waals surface area contributed by atoms with Gasteiger partial charge in [-0.3, -0.25) is 4.79 Å². The van der Waals surface area contributed by atoms with Crippen LogP contribution in [0.2, 0.25) is 0 Å². The number of aliphatic carboxylic acids is 1. The third-order valence-corrected chi connectivity index (χ3v) is 3.13. The van der Waals surface area contributed by atoms with Crippen LogP contribution in [-0.2, 0) is 4.79 Å². The molecular formula is C10H15ClO2. The lowest BCUT2D eigenvalue weighted by molar-refractivity contribution is -0.139. The van der Waals surface area contributed by atoms with Gasteiger partial charge < -0.3 is 5.11 Å². The summed E-state index contributed by atoms with van der Waals surface area (Å²) in [4.78, 5) is 10.8. The third-order valence-electron chi connectivity index (χ3n) is 3.13. The zero-order valence-corrected chi connectivity index (χ0v) is 8.73. The zero-order valence-electron chi connectivity index (χ0n) is 7.91. The van der Waals surface area contributed by atoms with Crippen LogP contribution in [0.3, 0.4) is 0 Å². The fourth-order valence-corrected chi connectivity index (χ4v) is 1.95. The van der Waals surface area contributed by atoms with Crippen molar-refractivity contribution in [3.63, 3.8) is 0 Å². The number of carboxylic acids is 1. The highest BCUT2D eigenvalue weighted by Gasteiger charge is 2.61. The Hall–Kier alpha value is -0.500. The number of carboxylic acid groups (broad SMARTS) is 1. The molecule has 2 atom stereocenters. The summed E-state index contributed by atoms with van der Waals surface area (Å²) < 4.78 is 0. The second kappa shape index (κ2) is 3.02. The molecule has 3 heteroatoms. The molecule has 2 aliphatic carbocycles. The molecular weight excluding hydrogens is 188 g/mol. The highest BCUT2D eigenvalue weighted by atomic mass is 35.5. The molecule has 0 aromatic heterocycles. The van der Waals surface area contributed by atoms with Crippen LogP contribution < -0.4 is 0 Å². The average Bonchev–Trinajstić information content (AvgIpc) is 2.75. The summed E-state index contributed by atoms with van der Waals surface area (Å²) in [6.45, 7) is 4.08. The fourth-order valence-electron chi connectivity index (χ4n) is 1.95. The summed E-state index contributed by atoms with van der Waals surface area (Å²) in [6.07, 6.45) is 4.57. The SMILES string of the molecule is CC1(C)C(C=C2CC2)C1C(=O)O.Cl. The monoisotopic (exact) mass is 202 g/mol. The highest BCUT2D eigenvalue weighted by molar-refractivity contribution is 5.85. The summed E-state index contributed by atoms with van der Waals surface area (Å²) in [5.74, 6) is -0.472. The highest BCUT2D eigenvalue weighted by Crippen LogP contribution is 2.60. The van der Waals surface area contributed by atoms with E-state index in [1.807, 2.05) is 13.8 Å². The topological polar surface area (TPSA) is 37.3 Å². The van der Waals surface area contributed by atoms with Crippen molar-refractivity contribution in [2.24, 2.45) is 17.3 Å². The number of rotatable bonds is 2. The van der Waals surface area contributed by atoms with Crippen LogP contribution in [0.1, 0.15) is 26.7 Å². The van der Waals surface area contributed by atoms with E-state index < -0.39 is 5.97 Å². The Labute approximate surface area is 84.4 Å². The molecule has 2 aliphatic rings. The maximum atomic E-state index is 10.8. The van der Waals surface area contributed by atoms with Crippen LogP contribution in [0.15, 0.2) is 11.6 Å². The van der Waals surface area contributed by atoms with E-state index in [1.54, 1.807) is 0 Å². The van der Waals surface area contributed by atoms with Crippen molar-refractivity contribution in [2.75, 3.05) is 0 Å². The maximum Gasteiger partial charge on any atom is 0.307 e. The van der Waals surface area contributed by atoms with Crippen LogP contribution in [0.5, 0.6) is 0 Å². The Morgan fingerprint density at radius 1 is 1.54 bits per heavy atom. The molecule has 0 saturated heterocycles. The van der Waals surface area contributed by atoms with Crippen molar-refractivity contribution in [1.29, 1.82) is 0 Å². The first-order valence-corrected chi connectivity index (χ1v) is 4.46. The quantitative estimate of drug-likeness (QED) is 0.699. The lowest BCUT2D eigenvalue weighted by Crippen LogP contribution is -2.02. The van der Waals surface area contributed by atoms with Gasteiger partial charge in [-0.2, -0.15) is 0 Å². The van der Waals surface area contributed by atoms with Crippen LogP contribution in [0.4, 0.5) is 0 Å². The molecule has 0 aromatic carbocycles. The van der Waals surface area contributed by atoms with E-state index in [2.05, 4.69) is 6.08 Å². The second-order valence-electron chi connectivity index (χ2n) is 4.49. The lowest BCUT2D eigenvalue weighted by Gasteiger charge is -1.95. The zero-order chi connectivity index (χ0) is 8.93. The number of carbonyl (C=O) groups is 1. The molecule has 2 nitrogen and oxygen atoms in total. The van der Waals surface area contributed by atoms with Crippen LogP contribution in [0, 0.1) is 17.3 Å². The van der Waals surface area contributed by atoms with E-state index in [-0.39, 0.29) is 23.7 Å². The normalized spacial score (nSPS) is 33.2. The molecule has 2 unspecified atom stereocenters. The molecule has 0 bridgehead atoms. The summed E-state index contributed by atoms with van der Waals surface area (Å²) in [6, 6.07) is 0. The van der Waals surface area contributed by atoms with Gasteiger partial charge in [-0.15, -0.1) is 12.4 Å². The molecule has 13 heavy (non-hydrogen) atoms. The van der Waals surface area contributed by atoms with Gasteiger partial charge in [0.2, 0.25) is 0 Å². The minimum Gasteiger partial charge on any atom is -0.481 e. The fraction of sp³-hybridized carbons (Fsp3) is 0.700. The number of allylic oxidation sites excluding steroid dienone is 2. The predicted molar refractivity (Wildman–Crippen MR) is 53.0 cm³/mol. The van der Waals surface area contributed by atoms with Gasteiger partial charge in [0.25, 0.3) is 0 Å². The minimum absolute atomic E-state index is 0. The smallest absolute Gasteiger partial charge is 0.307 e. The van der Waals surface area contributed by atoms with Crippen LogP contribution in [-0.4, -0.2) is 11.1 Å². The van der Waals surface area contributed by atoms with Crippen molar-refractivity contribution in [1.82, 2.24) is 0 Å². The van der Waals surface area contributed by atoms with Gasteiger partial charge in [-0.25, -0.2) is 0 Å². The van der Waals surface area contributed by atoms with Crippen molar-refractivity contribution in [3.05, 3.63) is 11.6 Å². The molecule has 0 amide bonds. The summed E-state index contributed by atoms with van der Waals surface area (Å²) >= 11 is 0. The molecule has 0 heterocycles. The molecule has 74 valence electrons. The predicted octanol–water partition coefficient (Wildman–Crippen LogP) is 2.49. The number of hydrogen-bond acceptors (Lipinski definition) is 1. The second-order valence-corrected chi connectivity index (χ2v) is 4.49. The van der Waals surface area contributed by atoms with E-state index in [0.29, 0.717) is 5.92 Å². The van der Waals surface area contributed by atoms with Gasteiger partial charge in [-0.05, 0) is 24.2 Å². The Morgan fingerprint density at radius 3 is 2.38 bits per heavy atom. The molecule has 0 radical (unpaired) electrons. The molecule has 2 rings (SSSR count).